The first kappa shape index (κ1) is 16.7. The summed E-state index contributed by atoms with van der Waals surface area (Å²) < 4.78 is 0. The van der Waals surface area contributed by atoms with Gasteiger partial charge >= 0.3 is 0 Å². The molecule has 0 bridgehead atoms. The molecule has 0 aliphatic heterocycles. The zero-order valence-corrected chi connectivity index (χ0v) is 14.3. The quantitative estimate of drug-likeness (QED) is 0.706. The largest absolute Gasteiger partial charge is 0.398 e. The summed E-state index contributed by atoms with van der Waals surface area (Å²) in [7, 11) is 0. The molecule has 1 aromatic carbocycles. The second kappa shape index (κ2) is 8.06. The van der Waals surface area contributed by atoms with Gasteiger partial charge in [0.1, 0.15) is 0 Å². The molecule has 3 nitrogen and oxygen atoms in total. The van der Waals surface area contributed by atoms with Gasteiger partial charge in [0.05, 0.1) is 0 Å². The van der Waals surface area contributed by atoms with Crippen LogP contribution in [0.1, 0.15) is 22.3 Å². The Morgan fingerprint density at radius 3 is 2.40 bits per heavy atom. The number of hydrogen-bond donors (Lipinski definition) is 1. The lowest BCUT2D eigenvalue weighted by atomic mass is 9.99. The van der Waals surface area contributed by atoms with E-state index in [0.29, 0.717) is 5.70 Å². The highest BCUT2D eigenvalue weighted by molar-refractivity contribution is 5.83. The molecule has 0 aliphatic rings. The molecular formula is C22H21N3. The summed E-state index contributed by atoms with van der Waals surface area (Å²) in [5.41, 5.74) is 12.6. The molecule has 124 valence electrons. The van der Waals surface area contributed by atoms with Crippen molar-refractivity contribution in [1.29, 1.82) is 0 Å². The van der Waals surface area contributed by atoms with E-state index in [1.54, 1.807) is 18.6 Å². The second-order valence-corrected chi connectivity index (χ2v) is 5.94. The Balaban J connectivity index is 1.97. The van der Waals surface area contributed by atoms with Crippen molar-refractivity contribution in [3.63, 3.8) is 0 Å². The fourth-order valence-corrected chi connectivity index (χ4v) is 2.62. The summed E-state index contributed by atoms with van der Waals surface area (Å²) >= 11 is 0. The Bertz CT molecular complexity index is 881. The lowest BCUT2D eigenvalue weighted by Crippen LogP contribution is -1.98. The first-order valence-electron chi connectivity index (χ1n) is 8.26. The maximum atomic E-state index is 6.31. The summed E-state index contributed by atoms with van der Waals surface area (Å²) in [5, 5.41) is 0. The molecule has 0 spiro atoms. The van der Waals surface area contributed by atoms with Crippen molar-refractivity contribution in [2.45, 2.75) is 13.3 Å². The second-order valence-electron chi connectivity index (χ2n) is 5.94. The Morgan fingerprint density at radius 2 is 1.72 bits per heavy atom. The predicted molar refractivity (Wildman–Crippen MR) is 103 cm³/mol. The number of pyridine rings is 2. The fourth-order valence-electron chi connectivity index (χ4n) is 2.62. The van der Waals surface area contributed by atoms with Crippen molar-refractivity contribution in [3.05, 3.63) is 108 Å². The smallest absolute Gasteiger partial charge is 0.0409 e. The standard InChI is InChI=1S/C22H21N3/c1-17-5-2-7-19(13-17)20(10-9-18-6-3-11-24-15-18)14-22(23)21-8-4-12-25-16-21/h2-8,10-16H,9,23H2,1H3/b20-10+,22-14-. The van der Waals surface area contributed by atoms with Crippen molar-refractivity contribution in [2.24, 2.45) is 5.73 Å². The zero-order chi connectivity index (χ0) is 17.5. The van der Waals surface area contributed by atoms with Crippen molar-refractivity contribution in [2.75, 3.05) is 0 Å². The lowest BCUT2D eigenvalue weighted by Gasteiger charge is -2.08. The molecule has 2 aromatic heterocycles. The Kier molecular flexibility index (Phi) is 5.37. The molecule has 0 atom stereocenters. The number of aryl methyl sites for hydroxylation is 1. The maximum Gasteiger partial charge on any atom is 0.0409 e. The Labute approximate surface area is 148 Å². The summed E-state index contributed by atoms with van der Waals surface area (Å²) in [4.78, 5) is 8.33. The number of aromatic nitrogens is 2. The van der Waals surface area contributed by atoms with Gasteiger partial charge in [-0.2, -0.15) is 0 Å². The SMILES string of the molecule is Cc1cccc(C(/C=C(\N)c2cccnc2)=C/Cc2cccnc2)c1. The molecule has 0 unspecified atom stereocenters. The number of hydrogen-bond acceptors (Lipinski definition) is 3. The molecule has 3 heteroatoms. The number of benzene rings is 1. The molecule has 0 saturated heterocycles. The molecular weight excluding hydrogens is 306 g/mol. The average Bonchev–Trinajstić information content (AvgIpc) is 2.66. The molecule has 0 radical (unpaired) electrons. The summed E-state index contributed by atoms with van der Waals surface area (Å²) in [6.07, 6.45) is 12.2. The van der Waals surface area contributed by atoms with Crippen LogP contribution in [0.5, 0.6) is 0 Å². The van der Waals surface area contributed by atoms with Gasteiger partial charge in [0, 0.05) is 36.0 Å². The average molecular weight is 327 g/mol. The van der Waals surface area contributed by atoms with E-state index in [2.05, 4.69) is 53.3 Å². The van der Waals surface area contributed by atoms with Crippen molar-refractivity contribution in [3.8, 4) is 0 Å². The minimum atomic E-state index is 0.701. The van der Waals surface area contributed by atoms with Gasteiger partial charge < -0.3 is 5.73 Å². The number of nitrogens with two attached hydrogens (primary N) is 1. The van der Waals surface area contributed by atoms with Crippen molar-refractivity contribution < 1.29 is 0 Å². The van der Waals surface area contributed by atoms with Crippen LogP contribution < -0.4 is 5.73 Å². The normalized spacial score (nSPS) is 12.2. The van der Waals surface area contributed by atoms with E-state index >= 15 is 0 Å². The predicted octanol–water partition coefficient (Wildman–Crippen LogP) is 4.41. The number of allylic oxidation sites excluding steroid dienone is 3. The molecule has 2 N–H and O–H groups in total. The van der Waals surface area contributed by atoms with E-state index in [1.807, 2.05) is 30.5 Å². The Hall–Kier alpha value is -3.20. The van der Waals surface area contributed by atoms with Crippen LogP contribution in [0.25, 0.3) is 11.3 Å². The molecule has 25 heavy (non-hydrogen) atoms. The lowest BCUT2D eigenvalue weighted by molar-refractivity contribution is 1.19. The minimum Gasteiger partial charge on any atom is -0.398 e. The van der Waals surface area contributed by atoms with E-state index in [0.717, 1.165) is 23.1 Å². The third kappa shape index (κ3) is 4.64. The van der Waals surface area contributed by atoms with Gasteiger partial charge in [-0.25, -0.2) is 0 Å². The van der Waals surface area contributed by atoms with E-state index in [9.17, 15) is 0 Å². The highest BCUT2D eigenvalue weighted by atomic mass is 14.6. The van der Waals surface area contributed by atoms with Crippen LogP contribution >= 0.6 is 0 Å². The van der Waals surface area contributed by atoms with E-state index in [1.165, 1.54) is 11.1 Å². The van der Waals surface area contributed by atoms with Gasteiger partial charge in [0.25, 0.3) is 0 Å². The summed E-state index contributed by atoms with van der Waals surface area (Å²) in [6, 6.07) is 16.3. The molecule has 0 fully saturated rings. The topological polar surface area (TPSA) is 51.8 Å². The van der Waals surface area contributed by atoms with Crippen LogP contribution in [-0.4, -0.2) is 9.97 Å². The number of nitrogens with zero attached hydrogens (tertiary/aromatic N) is 2. The van der Waals surface area contributed by atoms with Gasteiger partial charge in [0.2, 0.25) is 0 Å². The van der Waals surface area contributed by atoms with E-state index in [-0.39, 0.29) is 0 Å². The third-order valence-corrected chi connectivity index (χ3v) is 3.94. The molecule has 0 saturated carbocycles. The summed E-state index contributed by atoms with van der Waals surface area (Å²) in [6.45, 7) is 2.09. The first-order chi connectivity index (χ1) is 12.2. The van der Waals surface area contributed by atoms with Crippen LogP contribution in [0.3, 0.4) is 0 Å². The maximum absolute atomic E-state index is 6.31. The van der Waals surface area contributed by atoms with Gasteiger partial charge in [-0.1, -0.05) is 42.0 Å². The van der Waals surface area contributed by atoms with Gasteiger partial charge in [-0.05, 0) is 54.3 Å². The van der Waals surface area contributed by atoms with E-state index < -0.39 is 0 Å². The van der Waals surface area contributed by atoms with Crippen LogP contribution in [0, 0.1) is 6.92 Å². The monoisotopic (exact) mass is 327 g/mol. The molecule has 0 amide bonds. The van der Waals surface area contributed by atoms with Crippen LogP contribution in [0.2, 0.25) is 0 Å². The van der Waals surface area contributed by atoms with Crippen LogP contribution in [0.15, 0.2) is 85.5 Å². The fraction of sp³-hybridized carbons (Fsp3) is 0.0909. The third-order valence-electron chi connectivity index (χ3n) is 3.94. The molecule has 0 aliphatic carbocycles. The molecule has 2 heterocycles. The van der Waals surface area contributed by atoms with Gasteiger partial charge in [-0.3, -0.25) is 9.97 Å². The Morgan fingerprint density at radius 1 is 0.960 bits per heavy atom. The van der Waals surface area contributed by atoms with E-state index in [4.69, 9.17) is 5.73 Å². The van der Waals surface area contributed by atoms with Crippen molar-refractivity contribution in [1.82, 2.24) is 9.97 Å². The summed E-state index contributed by atoms with van der Waals surface area (Å²) in [5.74, 6) is 0. The zero-order valence-electron chi connectivity index (χ0n) is 14.3. The van der Waals surface area contributed by atoms with Crippen molar-refractivity contribution >= 4 is 11.3 Å². The number of rotatable bonds is 5. The van der Waals surface area contributed by atoms with Crippen LogP contribution in [-0.2, 0) is 6.42 Å². The molecule has 3 aromatic rings. The minimum absolute atomic E-state index is 0.701. The van der Waals surface area contributed by atoms with Gasteiger partial charge in [-0.15, -0.1) is 0 Å². The van der Waals surface area contributed by atoms with Crippen LogP contribution in [0.4, 0.5) is 0 Å². The molecule has 3 rings (SSSR count). The van der Waals surface area contributed by atoms with Gasteiger partial charge in [0.15, 0.2) is 0 Å². The highest BCUT2D eigenvalue weighted by Gasteiger charge is 2.03. The highest BCUT2D eigenvalue weighted by Crippen LogP contribution is 2.21. The first-order valence-corrected chi connectivity index (χ1v) is 8.26.